The van der Waals surface area contributed by atoms with Crippen molar-refractivity contribution in [2.24, 2.45) is 5.41 Å². The minimum absolute atomic E-state index is 0.323. The fraction of sp³-hybridized carbons (Fsp3) is 0.625. The van der Waals surface area contributed by atoms with Crippen LogP contribution in [0.4, 0.5) is 0 Å². The van der Waals surface area contributed by atoms with E-state index in [2.05, 4.69) is 11.0 Å². The highest BCUT2D eigenvalue weighted by Crippen LogP contribution is 2.41. The van der Waals surface area contributed by atoms with Gasteiger partial charge in [-0.1, -0.05) is 18.2 Å². The SMILES string of the molecule is COc1ccccc1CN1CC2(CCN(S(C)(=O)=O)CC2)C1. The summed E-state index contributed by atoms with van der Waals surface area (Å²) in [6.07, 6.45) is 3.25. The van der Waals surface area contributed by atoms with Crippen LogP contribution in [-0.4, -0.2) is 57.2 Å². The molecular weight excluding hydrogens is 300 g/mol. The summed E-state index contributed by atoms with van der Waals surface area (Å²) in [5, 5.41) is 0. The molecule has 1 aromatic carbocycles. The van der Waals surface area contributed by atoms with Crippen LogP contribution in [0, 0.1) is 5.41 Å². The van der Waals surface area contributed by atoms with Gasteiger partial charge in [-0.2, -0.15) is 0 Å². The second kappa shape index (κ2) is 5.83. The molecule has 0 saturated carbocycles. The Hall–Kier alpha value is -1.11. The first kappa shape index (κ1) is 15.8. The monoisotopic (exact) mass is 324 g/mol. The predicted molar refractivity (Wildman–Crippen MR) is 86.4 cm³/mol. The van der Waals surface area contributed by atoms with Crippen LogP contribution in [-0.2, 0) is 16.6 Å². The zero-order valence-corrected chi connectivity index (χ0v) is 14.1. The largest absolute Gasteiger partial charge is 0.496 e. The van der Waals surface area contributed by atoms with Gasteiger partial charge in [0.2, 0.25) is 10.0 Å². The van der Waals surface area contributed by atoms with Gasteiger partial charge < -0.3 is 4.74 Å². The molecule has 5 nitrogen and oxygen atoms in total. The number of para-hydroxylation sites is 1. The van der Waals surface area contributed by atoms with E-state index in [-0.39, 0.29) is 0 Å². The van der Waals surface area contributed by atoms with E-state index in [1.54, 1.807) is 11.4 Å². The van der Waals surface area contributed by atoms with Crippen LogP contribution in [0.5, 0.6) is 5.75 Å². The molecule has 122 valence electrons. The fourth-order valence-corrected chi connectivity index (χ4v) is 4.54. The van der Waals surface area contributed by atoms with Gasteiger partial charge in [0.15, 0.2) is 0 Å². The Bertz CT molecular complexity index is 629. The number of ether oxygens (including phenoxy) is 1. The maximum absolute atomic E-state index is 11.6. The molecule has 0 aromatic heterocycles. The zero-order valence-electron chi connectivity index (χ0n) is 13.3. The summed E-state index contributed by atoms with van der Waals surface area (Å²) in [6, 6.07) is 8.13. The first-order chi connectivity index (χ1) is 10.4. The van der Waals surface area contributed by atoms with Gasteiger partial charge in [-0.3, -0.25) is 4.90 Å². The van der Waals surface area contributed by atoms with E-state index in [0.717, 1.165) is 38.2 Å². The van der Waals surface area contributed by atoms with Crippen molar-refractivity contribution in [3.05, 3.63) is 29.8 Å². The highest BCUT2D eigenvalue weighted by atomic mass is 32.2. The van der Waals surface area contributed by atoms with Crippen molar-refractivity contribution in [3.63, 3.8) is 0 Å². The van der Waals surface area contributed by atoms with Crippen LogP contribution in [0.15, 0.2) is 24.3 Å². The number of piperidine rings is 1. The lowest BCUT2D eigenvalue weighted by molar-refractivity contribution is -0.0396. The van der Waals surface area contributed by atoms with Crippen LogP contribution in [0.3, 0.4) is 0 Å². The summed E-state index contributed by atoms with van der Waals surface area (Å²) in [4.78, 5) is 2.42. The second-order valence-corrected chi connectivity index (χ2v) is 8.60. The molecule has 2 aliphatic rings. The minimum atomic E-state index is -3.03. The molecule has 0 radical (unpaired) electrons. The average Bonchev–Trinajstić information content (AvgIpc) is 2.46. The number of sulfonamides is 1. The Labute approximate surface area is 132 Å². The smallest absolute Gasteiger partial charge is 0.211 e. The van der Waals surface area contributed by atoms with E-state index in [9.17, 15) is 8.42 Å². The lowest BCUT2D eigenvalue weighted by Gasteiger charge is -2.53. The van der Waals surface area contributed by atoms with Gasteiger partial charge in [-0.05, 0) is 24.3 Å². The summed E-state index contributed by atoms with van der Waals surface area (Å²) in [7, 11) is -1.32. The molecule has 0 N–H and O–H groups in total. The second-order valence-electron chi connectivity index (χ2n) is 6.62. The van der Waals surface area contributed by atoms with Crippen molar-refractivity contribution in [3.8, 4) is 5.75 Å². The van der Waals surface area contributed by atoms with Gasteiger partial charge in [0.25, 0.3) is 0 Å². The molecule has 0 bridgehead atoms. The van der Waals surface area contributed by atoms with Gasteiger partial charge >= 0.3 is 0 Å². The lowest BCUT2D eigenvalue weighted by Crippen LogP contribution is -2.60. The highest BCUT2D eigenvalue weighted by Gasteiger charge is 2.45. The molecule has 2 fully saturated rings. The Morgan fingerprint density at radius 1 is 1.18 bits per heavy atom. The fourth-order valence-electron chi connectivity index (χ4n) is 3.70. The summed E-state index contributed by atoms with van der Waals surface area (Å²) < 4.78 is 30.2. The van der Waals surface area contributed by atoms with Gasteiger partial charge in [-0.15, -0.1) is 0 Å². The van der Waals surface area contributed by atoms with E-state index in [4.69, 9.17) is 4.74 Å². The van der Waals surface area contributed by atoms with Gasteiger partial charge in [0, 0.05) is 38.3 Å². The number of likely N-dealkylation sites (tertiary alicyclic amines) is 1. The topological polar surface area (TPSA) is 49.9 Å². The summed E-state index contributed by atoms with van der Waals surface area (Å²) in [6.45, 7) is 4.36. The van der Waals surface area contributed by atoms with Crippen molar-refractivity contribution in [1.29, 1.82) is 0 Å². The summed E-state index contributed by atoms with van der Waals surface area (Å²) in [5.74, 6) is 0.940. The van der Waals surface area contributed by atoms with Crippen molar-refractivity contribution in [2.75, 3.05) is 39.5 Å². The third-order valence-corrected chi connectivity index (χ3v) is 6.26. The molecule has 22 heavy (non-hydrogen) atoms. The first-order valence-corrected chi connectivity index (χ1v) is 9.56. The third kappa shape index (κ3) is 3.14. The first-order valence-electron chi connectivity index (χ1n) is 7.71. The molecule has 1 spiro atoms. The van der Waals surface area contributed by atoms with E-state index in [1.165, 1.54) is 11.8 Å². The average molecular weight is 324 g/mol. The molecule has 2 saturated heterocycles. The molecule has 2 aliphatic heterocycles. The molecule has 6 heteroatoms. The van der Waals surface area contributed by atoms with Crippen LogP contribution >= 0.6 is 0 Å². The summed E-state index contributed by atoms with van der Waals surface area (Å²) >= 11 is 0. The third-order valence-electron chi connectivity index (χ3n) is 4.96. The maximum atomic E-state index is 11.6. The Morgan fingerprint density at radius 3 is 2.41 bits per heavy atom. The van der Waals surface area contributed by atoms with Crippen molar-refractivity contribution >= 4 is 10.0 Å². The number of methoxy groups -OCH3 is 1. The van der Waals surface area contributed by atoms with Crippen LogP contribution in [0.2, 0.25) is 0 Å². The number of nitrogens with zero attached hydrogens (tertiary/aromatic N) is 2. The van der Waals surface area contributed by atoms with Gasteiger partial charge in [-0.25, -0.2) is 12.7 Å². The van der Waals surface area contributed by atoms with Gasteiger partial charge in [0.1, 0.15) is 5.75 Å². The quantitative estimate of drug-likeness (QED) is 0.843. The molecule has 0 atom stereocenters. The van der Waals surface area contributed by atoms with Crippen molar-refractivity contribution < 1.29 is 13.2 Å². The molecule has 0 unspecified atom stereocenters. The number of rotatable bonds is 4. The molecular formula is C16H24N2O3S. The summed E-state index contributed by atoms with van der Waals surface area (Å²) in [5.41, 5.74) is 1.54. The number of benzene rings is 1. The normalized spacial score (nSPS) is 22.5. The van der Waals surface area contributed by atoms with E-state index >= 15 is 0 Å². The standard InChI is InChI=1S/C16H24N2O3S/c1-21-15-6-4-3-5-14(15)11-17-12-16(13-17)7-9-18(10-8-16)22(2,19)20/h3-6H,7-13H2,1-2H3. The molecule has 0 amide bonds. The van der Waals surface area contributed by atoms with Crippen LogP contribution in [0.25, 0.3) is 0 Å². The highest BCUT2D eigenvalue weighted by molar-refractivity contribution is 7.88. The number of hydrogen-bond donors (Lipinski definition) is 0. The minimum Gasteiger partial charge on any atom is -0.496 e. The molecule has 0 aliphatic carbocycles. The van der Waals surface area contributed by atoms with Gasteiger partial charge in [0.05, 0.1) is 13.4 Å². The van der Waals surface area contributed by atoms with Crippen molar-refractivity contribution in [2.45, 2.75) is 19.4 Å². The molecule has 3 rings (SSSR count). The van der Waals surface area contributed by atoms with Crippen LogP contribution < -0.4 is 4.74 Å². The maximum Gasteiger partial charge on any atom is 0.211 e. The number of hydrogen-bond acceptors (Lipinski definition) is 4. The molecule has 2 heterocycles. The lowest BCUT2D eigenvalue weighted by atomic mass is 9.72. The zero-order chi connectivity index (χ0) is 15.8. The van der Waals surface area contributed by atoms with E-state index < -0.39 is 10.0 Å². The van der Waals surface area contributed by atoms with Crippen molar-refractivity contribution in [1.82, 2.24) is 9.21 Å². The van der Waals surface area contributed by atoms with E-state index in [1.807, 2.05) is 18.2 Å². The molecule has 1 aromatic rings. The van der Waals surface area contributed by atoms with Crippen LogP contribution in [0.1, 0.15) is 18.4 Å². The van der Waals surface area contributed by atoms with E-state index in [0.29, 0.717) is 18.5 Å². The Balaban J connectivity index is 1.55. The predicted octanol–water partition coefficient (Wildman–Crippen LogP) is 1.55. The Morgan fingerprint density at radius 2 is 1.82 bits per heavy atom. The Kier molecular flexibility index (Phi) is 4.18.